The first kappa shape index (κ1) is 13.6. The van der Waals surface area contributed by atoms with E-state index in [9.17, 15) is 8.78 Å². The van der Waals surface area contributed by atoms with Crippen molar-refractivity contribution >= 4 is 11.9 Å². The van der Waals surface area contributed by atoms with Gasteiger partial charge in [0.1, 0.15) is 11.6 Å². The van der Waals surface area contributed by atoms with E-state index in [1.807, 2.05) is 12.1 Å². The Balaban J connectivity index is 1.87. The van der Waals surface area contributed by atoms with E-state index < -0.39 is 11.6 Å². The molecule has 2 aromatic rings. The lowest BCUT2D eigenvalue weighted by Gasteiger charge is -2.25. The van der Waals surface area contributed by atoms with Gasteiger partial charge in [0.25, 0.3) is 0 Å². The van der Waals surface area contributed by atoms with Crippen LogP contribution < -0.4 is 5.14 Å². The van der Waals surface area contributed by atoms with Crippen molar-refractivity contribution in [1.29, 1.82) is 0 Å². The summed E-state index contributed by atoms with van der Waals surface area (Å²) in [7, 11) is 0. The van der Waals surface area contributed by atoms with Crippen LogP contribution in [0.3, 0.4) is 0 Å². The zero-order valence-corrected chi connectivity index (χ0v) is 11.7. The summed E-state index contributed by atoms with van der Waals surface area (Å²) in [4.78, 5) is 1.02. The predicted octanol–water partition coefficient (Wildman–Crippen LogP) is 4.20. The molecule has 1 aliphatic rings. The average molecular weight is 291 g/mol. The second kappa shape index (κ2) is 5.54. The average Bonchev–Trinajstić information content (AvgIpc) is 2.46. The van der Waals surface area contributed by atoms with E-state index >= 15 is 0 Å². The number of nitrogens with two attached hydrogens (primary N) is 1. The molecular weight excluding hydrogens is 276 g/mol. The maximum absolute atomic E-state index is 13.7. The first-order valence-corrected chi connectivity index (χ1v) is 7.49. The molecule has 1 nitrogen and oxygen atoms in total. The topological polar surface area (TPSA) is 26.0 Å². The number of hydrogen-bond donors (Lipinski definition) is 1. The van der Waals surface area contributed by atoms with Crippen LogP contribution in [0.4, 0.5) is 8.78 Å². The van der Waals surface area contributed by atoms with Crippen LogP contribution in [0.1, 0.15) is 29.0 Å². The Bertz CT molecular complexity index is 625. The molecule has 0 spiro atoms. The molecule has 0 bridgehead atoms. The van der Waals surface area contributed by atoms with Crippen molar-refractivity contribution in [2.75, 3.05) is 0 Å². The molecule has 4 heteroatoms. The lowest BCUT2D eigenvalue weighted by atomic mass is 9.80. The van der Waals surface area contributed by atoms with Gasteiger partial charge >= 0.3 is 0 Å². The first-order valence-electron chi connectivity index (χ1n) is 6.61. The van der Waals surface area contributed by atoms with Gasteiger partial charge < -0.3 is 0 Å². The summed E-state index contributed by atoms with van der Waals surface area (Å²) >= 11 is 1.22. The molecule has 104 valence electrons. The van der Waals surface area contributed by atoms with Crippen LogP contribution in [0.2, 0.25) is 0 Å². The van der Waals surface area contributed by atoms with Crippen LogP contribution in [0, 0.1) is 11.6 Å². The summed E-state index contributed by atoms with van der Waals surface area (Å²) < 4.78 is 27.0. The Morgan fingerprint density at radius 1 is 1.10 bits per heavy atom. The van der Waals surface area contributed by atoms with E-state index in [4.69, 9.17) is 5.14 Å². The van der Waals surface area contributed by atoms with Crippen molar-refractivity contribution in [2.24, 2.45) is 5.14 Å². The SMILES string of the molecule is NSc1ccc(C2CCc3c(F)cc(F)cc3C2)cc1. The normalized spacial score (nSPS) is 17.9. The van der Waals surface area contributed by atoms with E-state index in [-0.39, 0.29) is 0 Å². The van der Waals surface area contributed by atoms with E-state index in [1.165, 1.54) is 23.6 Å². The highest BCUT2D eigenvalue weighted by Crippen LogP contribution is 2.34. The minimum absolute atomic E-state index is 0.320. The van der Waals surface area contributed by atoms with Crippen molar-refractivity contribution in [1.82, 2.24) is 0 Å². The number of fused-ring (bicyclic) bond motifs is 1. The van der Waals surface area contributed by atoms with Gasteiger partial charge in [-0.25, -0.2) is 8.78 Å². The maximum atomic E-state index is 13.7. The summed E-state index contributed by atoms with van der Waals surface area (Å²) in [5.74, 6) is -0.578. The Labute approximate surface area is 121 Å². The number of rotatable bonds is 2. The van der Waals surface area contributed by atoms with Gasteiger partial charge in [-0.2, -0.15) is 0 Å². The Morgan fingerprint density at radius 3 is 2.55 bits per heavy atom. The van der Waals surface area contributed by atoms with Crippen molar-refractivity contribution in [3.63, 3.8) is 0 Å². The highest BCUT2D eigenvalue weighted by molar-refractivity contribution is 7.97. The van der Waals surface area contributed by atoms with Crippen molar-refractivity contribution in [2.45, 2.75) is 30.1 Å². The largest absolute Gasteiger partial charge is 0.274 e. The summed E-state index contributed by atoms with van der Waals surface area (Å²) in [5.41, 5.74) is 2.69. The maximum Gasteiger partial charge on any atom is 0.129 e. The predicted molar refractivity (Wildman–Crippen MR) is 77.6 cm³/mol. The van der Waals surface area contributed by atoms with E-state index in [0.717, 1.165) is 22.9 Å². The summed E-state index contributed by atoms with van der Waals surface area (Å²) in [6.45, 7) is 0. The van der Waals surface area contributed by atoms with Gasteiger partial charge in [0.15, 0.2) is 0 Å². The molecule has 0 heterocycles. The van der Waals surface area contributed by atoms with E-state index in [0.29, 0.717) is 24.3 Å². The van der Waals surface area contributed by atoms with Gasteiger partial charge in [-0.05, 0) is 72.0 Å². The molecule has 1 aliphatic carbocycles. The fourth-order valence-corrected chi connectivity index (χ4v) is 3.20. The number of halogens is 2. The molecule has 1 atom stereocenters. The smallest absolute Gasteiger partial charge is 0.129 e. The van der Waals surface area contributed by atoms with Crippen LogP contribution in [-0.2, 0) is 12.8 Å². The monoisotopic (exact) mass is 291 g/mol. The fourth-order valence-electron chi connectivity index (χ4n) is 2.91. The molecule has 0 saturated heterocycles. The van der Waals surface area contributed by atoms with Gasteiger partial charge in [-0.3, -0.25) is 5.14 Å². The van der Waals surface area contributed by atoms with Gasteiger partial charge in [0.05, 0.1) is 0 Å². The third-order valence-corrected chi connectivity index (χ3v) is 4.49. The van der Waals surface area contributed by atoms with Crippen LogP contribution >= 0.6 is 11.9 Å². The van der Waals surface area contributed by atoms with Crippen molar-refractivity contribution < 1.29 is 8.78 Å². The molecule has 3 rings (SSSR count). The molecule has 2 aromatic carbocycles. The first-order chi connectivity index (χ1) is 9.67. The van der Waals surface area contributed by atoms with Crippen LogP contribution in [0.15, 0.2) is 41.3 Å². The molecule has 1 unspecified atom stereocenters. The summed E-state index contributed by atoms with van der Waals surface area (Å²) in [5, 5.41) is 5.51. The highest BCUT2D eigenvalue weighted by atomic mass is 32.2. The lowest BCUT2D eigenvalue weighted by Crippen LogP contribution is -2.14. The lowest BCUT2D eigenvalue weighted by molar-refractivity contribution is 0.523. The Kier molecular flexibility index (Phi) is 3.76. The summed E-state index contributed by atoms with van der Waals surface area (Å²) in [6.07, 6.45) is 2.25. The second-order valence-corrected chi connectivity index (χ2v) is 5.86. The third-order valence-electron chi connectivity index (χ3n) is 3.95. The quantitative estimate of drug-likeness (QED) is 0.839. The standard InChI is InChI=1S/C16H15F2NS/c17-13-8-12-7-11(3-6-15(12)16(18)9-13)10-1-4-14(20-19)5-2-10/h1-2,4-5,8-9,11H,3,6-7,19H2. The molecular formula is C16H15F2NS. The fraction of sp³-hybridized carbons (Fsp3) is 0.250. The second-order valence-electron chi connectivity index (χ2n) is 5.15. The number of benzene rings is 2. The van der Waals surface area contributed by atoms with E-state index in [1.54, 1.807) is 0 Å². The molecule has 0 aromatic heterocycles. The molecule has 0 fully saturated rings. The van der Waals surface area contributed by atoms with Crippen LogP contribution in [-0.4, -0.2) is 0 Å². The molecule has 0 amide bonds. The molecule has 0 aliphatic heterocycles. The zero-order chi connectivity index (χ0) is 14.1. The third kappa shape index (κ3) is 2.58. The van der Waals surface area contributed by atoms with Gasteiger partial charge in [-0.1, -0.05) is 12.1 Å². The molecule has 0 radical (unpaired) electrons. The van der Waals surface area contributed by atoms with Crippen LogP contribution in [0.5, 0.6) is 0 Å². The van der Waals surface area contributed by atoms with Gasteiger partial charge in [0.2, 0.25) is 0 Å². The Morgan fingerprint density at radius 2 is 1.85 bits per heavy atom. The summed E-state index contributed by atoms with van der Waals surface area (Å²) in [6, 6.07) is 10.5. The molecule has 0 saturated carbocycles. The molecule has 2 N–H and O–H groups in total. The highest BCUT2D eigenvalue weighted by Gasteiger charge is 2.23. The zero-order valence-electron chi connectivity index (χ0n) is 10.9. The Hall–Kier alpha value is -1.39. The van der Waals surface area contributed by atoms with Crippen molar-refractivity contribution in [3.8, 4) is 0 Å². The minimum Gasteiger partial charge on any atom is -0.274 e. The molecule has 20 heavy (non-hydrogen) atoms. The van der Waals surface area contributed by atoms with Gasteiger partial charge in [-0.15, -0.1) is 0 Å². The van der Waals surface area contributed by atoms with Crippen molar-refractivity contribution in [3.05, 3.63) is 64.7 Å². The number of hydrogen-bond acceptors (Lipinski definition) is 2. The van der Waals surface area contributed by atoms with Crippen LogP contribution in [0.25, 0.3) is 0 Å². The minimum atomic E-state index is -0.489. The van der Waals surface area contributed by atoms with E-state index in [2.05, 4.69) is 12.1 Å². The van der Waals surface area contributed by atoms with Gasteiger partial charge in [0, 0.05) is 11.0 Å².